The minimum Gasteiger partial charge on any atom is -0.335 e. The maximum Gasteiger partial charge on any atom is 0.254 e. The summed E-state index contributed by atoms with van der Waals surface area (Å²) in [6, 6.07) is 27.3. The lowest BCUT2D eigenvalue weighted by Gasteiger charge is -2.39. The van der Waals surface area contributed by atoms with Crippen LogP contribution >= 0.6 is 0 Å². The van der Waals surface area contributed by atoms with Crippen LogP contribution in [0.2, 0.25) is 0 Å². The quantitative estimate of drug-likeness (QED) is 0.571. The molecule has 0 spiro atoms. The van der Waals surface area contributed by atoms with E-state index >= 15 is 0 Å². The van der Waals surface area contributed by atoms with Gasteiger partial charge in [0.1, 0.15) is 5.82 Å². The standard InChI is InChI=1S/C28H29FN2O/c29-24-13-11-22(12-14-24)25-20-31(28(32)23-9-5-2-6-10-23)27-16-18-30(19-26(25)27)17-15-21-7-3-1-4-8-21/h1-14,25-27H,15-20H2/t25-,26-,27-/m1/s1. The Balaban J connectivity index is 1.36. The van der Waals surface area contributed by atoms with Gasteiger partial charge in [0.2, 0.25) is 0 Å². The van der Waals surface area contributed by atoms with E-state index in [1.165, 1.54) is 5.56 Å². The minimum atomic E-state index is -0.214. The Morgan fingerprint density at radius 3 is 2.28 bits per heavy atom. The SMILES string of the molecule is O=C(c1ccccc1)N1C[C@H](c2ccc(F)cc2)[C@H]2CN(CCc3ccccc3)CC[C@H]21. The lowest BCUT2D eigenvalue weighted by atomic mass is 9.81. The van der Waals surface area contributed by atoms with E-state index < -0.39 is 0 Å². The van der Waals surface area contributed by atoms with Crippen molar-refractivity contribution in [3.63, 3.8) is 0 Å². The highest BCUT2D eigenvalue weighted by Crippen LogP contribution is 2.42. The second-order valence-corrected chi connectivity index (χ2v) is 9.04. The van der Waals surface area contributed by atoms with Crippen molar-refractivity contribution < 1.29 is 9.18 Å². The van der Waals surface area contributed by atoms with Crippen LogP contribution in [0.3, 0.4) is 0 Å². The van der Waals surface area contributed by atoms with Crippen LogP contribution in [0, 0.1) is 11.7 Å². The van der Waals surface area contributed by atoms with Crippen LogP contribution in [-0.2, 0) is 6.42 Å². The summed E-state index contributed by atoms with van der Waals surface area (Å²) >= 11 is 0. The summed E-state index contributed by atoms with van der Waals surface area (Å²) in [5, 5.41) is 0. The Morgan fingerprint density at radius 1 is 0.875 bits per heavy atom. The van der Waals surface area contributed by atoms with Gasteiger partial charge in [0, 0.05) is 49.6 Å². The van der Waals surface area contributed by atoms with Gasteiger partial charge in [-0.3, -0.25) is 4.79 Å². The minimum absolute atomic E-state index is 0.114. The van der Waals surface area contributed by atoms with Gasteiger partial charge in [0.25, 0.3) is 5.91 Å². The first-order valence-electron chi connectivity index (χ1n) is 11.6. The highest BCUT2D eigenvalue weighted by atomic mass is 19.1. The molecule has 3 aromatic carbocycles. The lowest BCUT2D eigenvalue weighted by molar-refractivity contribution is 0.0624. The maximum absolute atomic E-state index is 13.6. The van der Waals surface area contributed by atoms with Gasteiger partial charge in [-0.1, -0.05) is 60.7 Å². The summed E-state index contributed by atoms with van der Waals surface area (Å²) in [7, 11) is 0. The molecule has 2 aliphatic heterocycles. The largest absolute Gasteiger partial charge is 0.335 e. The number of halogens is 1. The molecule has 5 rings (SSSR count). The Hall–Kier alpha value is -2.98. The van der Waals surface area contributed by atoms with Crippen LogP contribution in [0.4, 0.5) is 4.39 Å². The fraction of sp³-hybridized carbons (Fsp3) is 0.321. The monoisotopic (exact) mass is 428 g/mol. The van der Waals surface area contributed by atoms with Gasteiger partial charge < -0.3 is 9.80 Å². The van der Waals surface area contributed by atoms with Gasteiger partial charge in [0.05, 0.1) is 0 Å². The van der Waals surface area contributed by atoms with Crippen LogP contribution in [0.5, 0.6) is 0 Å². The molecule has 32 heavy (non-hydrogen) atoms. The number of rotatable bonds is 5. The van der Waals surface area contributed by atoms with Crippen molar-refractivity contribution in [3.05, 3.63) is 107 Å². The molecular formula is C28H29FN2O. The molecule has 2 heterocycles. The van der Waals surface area contributed by atoms with E-state index in [0.29, 0.717) is 12.5 Å². The topological polar surface area (TPSA) is 23.6 Å². The summed E-state index contributed by atoms with van der Waals surface area (Å²) in [4.78, 5) is 18.0. The van der Waals surface area contributed by atoms with E-state index in [4.69, 9.17) is 0 Å². The Kier molecular flexibility index (Phi) is 6.04. The van der Waals surface area contributed by atoms with E-state index in [1.54, 1.807) is 12.1 Å². The number of hydrogen-bond donors (Lipinski definition) is 0. The van der Waals surface area contributed by atoms with Crippen molar-refractivity contribution in [2.45, 2.75) is 24.8 Å². The third-order valence-electron chi connectivity index (χ3n) is 7.15. The van der Waals surface area contributed by atoms with Gasteiger partial charge >= 0.3 is 0 Å². The Morgan fingerprint density at radius 2 is 1.56 bits per heavy atom. The number of carbonyl (C=O) groups excluding carboxylic acids is 1. The molecule has 3 nitrogen and oxygen atoms in total. The second-order valence-electron chi connectivity index (χ2n) is 9.04. The predicted molar refractivity (Wildman–Crippen MR) is 125 cm³/mol. The van der Waals surface area contributed by atoms with Gasteiger partial charge in [-0.2, -0.15) is 0 Å². The fourth-order valence-electron chi connectivity index (χ4n) is 5.48. The first-order chi connectivity index (χ1) is 15.7. The first-order valence-corrected chi connectivity index (χ1v) is 11.6. The first kappa shape index (κ1) is 20.9. The number of fused-ring (bicyclic) bond motifs is 1. The van der Waals surface area contributed by atoms with E-state index in [-0.39, 0.29) is 23.7 Å². The van der Waals surface area contributed by atoms with Crippen LogP contribution in [0.25, 0.3) is 0 Å². The van der Waals surface area contributed by atoms with Crippen LogP contribution in [0.1, 0.15) is 33.8 Å². The fourth-order valence-corrected chi connectivity index (χ4v) is 5.48. The average molecular weight is 429 g/mol. The summed E-state index contributed by atoms with van der Waals surface area (Å²) in [5.41, 5.74) is 3.24. The van der Waals surface area contributed by atoms with Gasteiger partial charge in [-0.05, 0) is 48.2 Å². The predicted octanol–water partition coefficient (Wildman–Crippen LogP) is 5.00. The van der Waals surface area contributed by atoms with E-state index in [2.05, 4.69) is 40.1 Å². The van der Waals surface area contributed by atoms with Crippen molar-refractivity contribution in [2.24, 2.45) is 5.92 Å². The van der Waals surface area contributed by atoms with Gasteiger partial charge in [-0.25, -0.2) is 4.39 Å². The molecule has 0 aromatic heterocycles. The molecule has 0 radical (unpaired) electrons. The molecule has 2 saturated heterocycles. The molecular weight excluding hydrogens is 399 g/mol. The number of benzene rings is 3. The Bertz CT molecular complexity index is 1040. The summed E-state index contributed by atoms with van der Waals surface area (Å²) in [6.07, 6.45) is 2.02. The highest BCUT2D eigenvalue weighted by molar-refractivity contribution is 5.94. The van der Waals surface area contributed by atoms with Gasteiger partial charge in [-0.15, -0.1) is 0 Å². The number of hydrogen-bond acceptors (Lipinski definition) is 2. The third kappa shape index (κ3) is 4.33. The number of piperidine rings is 1. The number of carbonyl (C=O) groups is 1. The normalized spacial score (nSPS) is 23.2. The molecule has 3 aromatic rings. The maximum atomic E-state index is 13.6. The molecule has 2 fully saturated rings. The van der Waals surface area contributed by atoms with Crippen molar-refractivity contribution in [1.29, 1.82) is 0 Å². The molecule has 0 unspecified atom stereocenters. The molecule has 0 saturated carbocycles. The van der Waals surface area contributed by atoms with Crippen LogP contribution in [-0.4, -0.2) is 47.9 Å². The number of likely N-dealkylation sites (tertiary alicyclic amines) is 2. The summed E-state index contributed by atoms with van der Waals surface area (Å²) in [5.74, 6) is 0.488. The highest BCUT2D eigenvalue weighted by Gasteiger charge is 2.46. The van der Waals surface area contributed by atoms with E-state index in [1.807, 2.05) is 42.5 Å². The van der Waals surface area contributed by atoms with E-state index in [0.717, 1.165) is 43.6 Å². The smallest absolute Gasteiger partial charge is 0.254 e. The summed E-state index contributed by atoms with van der Waals surface area (Å²) < 4.78 is 13.6. The zero-order valence-electron chi connectivity index (χ0n) is 18.2. The third-order valence-corrected chi connectivity index (χ3v) is 7.15. The van der Waals surface area contributed by atoms with E-state index in [9.17, 15) is 9.18 Å². The van der Waals surface area contributed by atoms with Crippen molar-refractivity contribution in [3.8, 4) is 0 Å². The summed E-state index contributed by atoms with van der Waals surface area (Å²) in [6.45, 7) is 3.69. The number of amides is 1. The molecule has 2 aliphatic rings. The average Bonchev–Trinajstić information content (AvgIpc) is 3.23. The lowest BCUT2D eigenvalue weighted by Crippen LogP contribution is -2.48. The van der Waals surface area contributed by atoms with Crippen molar-refractivity contribution >= 4 is 5.91 Å². The molecule has 164 valence electrons. The van der Waals surface area contributed by atoms with Crippen molar-refractivity contribution in [1.82, 2.24) is 9.80 Å². The van der Waals surface area contributed by atoms with Crippen molar-refractivity contribution in [2.75, 3.05) is 26.2 Å². The van der Waals surface area contributed by atoms with Crippen LogP contribution in [0.15, 0.2) is 84.9 Å². The number of nitrogens with zero attached hydrogens (tertiary/aromatic N) is 2. The molecule has 0 N–H and O–H groups in total. The second kappa shape index (κ2) is 9.25. The molecule has 3 atom stereocenters. The molecule has 0 bridgehead atoms. The molecule has 0 aliphatic carbocycles. The van der Waals surface area contributed by atoms with Gasteiger partial charge in [0.15, 0.2) is 0 Å². The molecule has 1 amide bonds. The van der Waals surface area contributed by atoms with Crippen LogP contribution < -0.4 is 0 Å². The zero-order valence-corrected chi connectivity index (χ0v) is 18.2. The zero-order chi connectivity index (χ0) is 21.9. The Labute approximate surface area is 189 Å². The molecule has 4 heteroatoms.